The Morgan fingerprint density at radius 1 is 1.17 bits per heavy atom. The van der Waals surface area contributed by atoms with Gasteiger partial charge in [0.25, 0.3) is 0 Å². The first-order chi connectivity index (χ1) is 20.4. The van der Waals surface area contributed by atoms with Gasteiger partial charge in [-0.25, -0.2) is 24.0 Å². The first-order valence-electron chi connectivity index (χ1n) is 13.4. The number of hydrogen-bond acceptors (Lipinski definition) is 8. The van der Waals surface area contributed by atoms with Crippen LogP contribution in [0, 0.1) is 12.4 Å². The zero-order valence-electron chi connectivity index (χ0n) is 22.4. The van der Waals surface area contributed by atoms with Crippen LogP contribution in [0.1, 0.15) is 28.3 Å². The van der Waals surface area contributed by atoms with Gasteiger partial charge >= 0.3 is 5.97 Å². The Bertz CT molecular complexity index is 1710. The van der Waals surface area contributed by atoms with Crippen molar-refractivity contribution in [3.8, 4) is 5.88 Å². The largest absolute Gasteiger partial charge is 0.477 e. The number of carbonyl (C=O) groups excluding carboxylic acids is 1. The van der Waals surface area contributed by atoms with Gasteiger partial charge in [0, 0.05) is 31.3 Å². The highest BCUT2D eigenvalue weighted by Gasteiger charge is 2.29. The number of benzene rings is 1. The number of amides is 1. The van der Waals surface area contributed by atoms with Crippen LogP contribution in [0.2, 0.25) is 0 Å². The van der Waals surface area contributed by atoms with Crippen LogP contribution >= 0.6 is 0 Å². The Kier molecular flexibility index (Phi) is 7.47. The number of nitrogens with zero attached hydrogens (tertiary/aromatic N) is 7. The number of carbonyl (C=O) groups is 2. The predicted octanol–water partition coefficient (Wildman–Crippen LogP) is 3.43. The lowest BCUT2D eigenvalue weighted by molar-refractivity contribution is -0.121. The van der Waals surface area contributed by atoms with Gasteiger partial charge in [0.2, 0.25) is 11.8 Å². The van der Waals surface area contributed by atoms with Crippen LogP contribution < -0.4 is 9.64 Å². The maximum Gasteiger partial charge on any atom is 0.354 e. The van der Waals surface area contributed by atoms with Crippen molar-refractivity contribution in [1.82, 2.24) is 24.4 Å². The summed E-state index contributed by atoms with van der Waals surface area (Å²) in [4.78, 5) is 45.0. The van der Waals surface area contributed by atoms with Gasteiger partial charge in [-0.3, -0.25) is 14.6 Å². The highest BCUT2D eigenvalue weighted by molar-refractivity contribution is 5.94. The fourth-order valence-electron chi connectivity index (χ4n) is 4.92. The van der Waals surface area contributed by atoms with Gasteiger partial charge in [0.05, 0.1) is 32.3 Å². The molecule has 2 saturated heterocycles. The number of ether oxygens (including phenoxy) is 2. The molecular weight excluding hydrogens is 545 g/mol. The summed E-state index contributed by atoms with van der Waals surface area (Å²) in [6, 6.07) is 12.3. The van der Waals surface area contributed by atoms with Crippen LogP contribution in [0.15, 0.2) is 48.5 Å². The number of carboxylic acids is 1. The maximum atomic E-state index is 14.2. The molecule has 0 saturated carbocycles. The summed E-state index contributed by atoms with van der Waals surface area (Å²) in [7, 11) is 0. The zero-order valence-corrected chi connectivity index (χ0v) is 22.4. The first kappa shape index (κ1) is 27.3. The van der Waals surface area contributed by atoms with Crippen molar-refractivity contribution < 1.29 is 28.6 Å². The summed E-state index contributed by atoms with van der Waals surface area (Å²) in [5.74, 6) is -0.432. The summed E-state index contributed by atoms with van der Waals surface area (Å²) < 4.78 is 27.4. The van der Waals surface area contributed by atoms with Gasteiger partial charge in [-0.2, -0.15) is 4.98 Å². The maximum absolute atomic E-state index is 14.2. The predicted molar refractivity (Wildman–Crippen MR) is 148 cm³/mol. The number of hydrogen-bond donors (Lipinski definition) is 1. The smallest absolute Gasteiger partial charge is 0.354 e. The molecule has 2 aliphatic rings. The number of carboxylic acid groups (broad SMARTS) is 1. The fraction of sp³-hybridized carbons (Fsp3) is 0.310. The molecule has 1 amide bonds. The normalized spacial score (nSPS) is 17.2. The summed E-state index contributed by atoms with van der Waals surface area (Å²) in [6.45, 7) is 9.54. The third-order valence-electron chi connectivity index (χ3n) is 7.26. The molecule has 214 valence electrons. The average Bonchev–Trinajstić information content (AvgIpc) is 3.30. The quantitative estimate of drug-likeness (QED) is 0.301. The molecule has 2 aliphatic heterocycles. The van der Waals surface area contributed by atoms with Crippen LogP contribution in [-0.4, -0.2) is 73.7 Å². The molecule has 3 aromatic heterocycles. The van der Waals surface area contributed by atoms with Crippen molar-refractivity contribution in [2.45, 2.75) is 32.2 Å². The van der Waals surface area contributed by atoms with Gasteiger partial charge in [-0.1, -0.05) is 18.2 Å². The molecule has 2 fully saturated rings. The minimum absolute atomic E-state index is 0.00471. The molecule has 5 heterocycles. The fourth-order valence-corrected chi connectivity index (χ4v) is 4.92. The molecular formula is C29H26FN7O5. The molecule has 0 unspecified atom stereocenters. The Morgan fingerprint density at radius 2 is 2.02 bits per heavy atom. The third kappa shape index (κ3) is 5.63. The Balaban J connectivity index is 1.13. The standard InChI is InChI=1S/C29H26FN7O5/c1-31-19-6-5-18(21(30)13-19)17-42-26-4-2-3-24(34-26)36-11-10-35(16-27(36)38)15-25-32-22-7-8-23(29(39)40)33-28(22)37(25)14-20-9-12-41-20/h2-8,13,20H,9-12,14-17H2,(H,39,40)/t20-/m0/s1. The minimum atomic E-state index is -1.11. The van der Waals surface area contributed by atoms with Crippen molar-refractivity contribution in [3.63, 3.8) is 0 Å². The number of aromatic carboxylic acids is 1. The van der Waals surface area contributed by atoms with E-state index >= 15 is 0 Å². The minimum Gasteiger partial charge on any atom is -0.477 e. The van der Waals surface area contributed by atoms with Crippen LogP contribution in [0.3, 0.4) is 0 Å². The number of aromatic nitrogens is 4. The molecule has 13 heteroatoms. The lowest BCUT2D eigenvalue weighted by Crippen LogP contribution is -2.50. The first-order valence-corrected chi connectivity index (χ1v) is 13.4. The van der Waals surface area contributed by atoms with Crippen molar-refractivity contribution in [3.05, 3.63) is 82.8 Å². The van der Waals surface area contributed by atoms with Crippen LogP contribution in [-0.2, 0) is 29.2 Å². The van der Waals surface area contributed by atoms with Crippen molar-refractivity contribution in [2.24, 2.45) is 0 Å². The van der Waals surface area contributed by atoms with Crippen molar-refractivity contribution >= 4 is 34.5 Å². The van der Waals surface area contributed by atoms with Gasteiger partial charge < -0.3 is 19.1 Å². The van der Waals surface area contributed by atoms with E-state index in [0.717, 1.165) is 12.5 Å². The number of pyridine rings is 2. The van der Waals surface area contributed by atoms with E-state index in [4.69, 9.17) is 21.0 Å². The second kappa shape index (κ2) is 11.5. The summed E-state index contributed by atoms with van der Waals surface area (Å²) in [5, 5.41) is 9.41. The molecule has 0 spiro atoms. The van der Waals surface area contributed by atoms with Crippen molar-refractivity contribution in [2.75, 3.05) is 31.1 Å². The topological polar surface area (TPSA) is 127 Å². The van der Waals surface area contributed by atoms with Crippen LogP contribution in [0.4, 0.5) is 15.9 Å². The summed E-state index contributed by atoms with van der Waals surface area (Å²) in [5.41, 5.74) is 1.51. The number of fused-ring (bicyclic) bond motifs is 1. The average molecular weight is 572 g/mol. The number of piperazine rings is 1. The Labute approximate surface area is 239 Å². The number of rotatable bonds is 9. The number of halogens is 1. The van der Waals surface area contributed by atoms with Crippen LogP contribution in [0.25, 0.3) is 16.0 Å². The summed E-state index contributed by atoms with van der Waals surface area (Å²) in [6.07, 6.45) is 0.902. The van der Waals surface area contributed by atoms with E-state index in [0.29, 0.717) is 61.2 Å². The highest BCUT2D eigenvalue weighted by atomic mass is 19.1. The molecule has 1 aromatic carbocycles. The van der Waals surface area contributed by atoms with Crippen LogP contribution in [0.5, 0.6) is 5.88 Å². The molecule has 0 radical (unpaired) electrons. The third-order valence-corrected chi connectivity index (χ3v) is 7.26. The molecule has 1 N–H and O–H groups in total. The second-order valence-electron chi connectivity index (χ2n) is 10.0. The van der Waals surface area contributed by atoms with E-state index < -0.39 is 11.8 Å². The van der Waals surface area contributed by atoms with E-state index in [-0.39, 0.29) is 42.4 Å². The second-order valence-corrected chi connectivity index (χ2v) is 10.0. The van der Waals surface area contributed by atoms with E-state index in [9.17, 15) is 19.1 Å². The SMILES string of the molecule is [C-]#[N+]c1ccc(COc2cccc(N3CCN(Cc4nc5ccc(C(=O)O)nc5n4C[C@@H]4CCO4)CC3=O)n2)c(F)c1. The molecule has 6 rings (SSSR count). The van der Waals surface area contributed by atoms with E-state index in [2.05, 4.69) is 14.8 Å². The monoisotopic (exact) mass is 571 g/mol. The van der Waals surface area contributed by atoms with Crippen molar-refractivity contribution in [1.29, 1.82) is 0 Å². The van der Waals surface area contributed by atoms with Gasteiger partial charge in [-0.15, -0.1) is 0 Å². The zero-order chi connectivity index (χ0) is 29.2. The molecule has 4 aromatic rings. The number of imidazole rings is 1. The highest BCUT2D eigenvalue weighted by Crippen LogP contribution is 2.24. The lowest BCUT2D eigenvalue weighted by Gasteiger charge is -2.34. The van der Waals surface area contributed by atoms with Gasteiger partial charge in [-0.05, 0) is 30.7 Å². The molecule has 42 heavy (non-hydrogen) atoms. The Hall–Kier alpha value is -4.93. The molecule has 0 aliphatic carbocycles. The van der Waals surface area contributed by atoms with E-state index in [1.807, 2.05) is 9.47 Å². The molecule has 0 bridgehead atoms. The number of anilines is 1. The van der Waals surface area contributed by atoms with E-state index in [1.54, 1.807) is 29.2 Å². The van der Waals surface area contributed by atoms with E-state index in [1.165, 1.54) is 18.2 Å². The van der Waals surface area contributed by atoms with Gasteiger partial charge in [0.15, 0.2) is 17.0 Å². The molecule has 1 atom stereocenters. The Morgan fingerprint density at radius 3 is 2.74 bits per heavy atom. The lowest BCUT2D eigenvalue weighted by atomic mass is 10.2. The molecule has 12 nitrogen and oxygen atoms in total. The van der Waals surface area contributed by atoms with Gasteiger partial charge in [0.1, 0.15) is 29.6 Å². The summed E-state index contributed by atoms with van der Waals surface area (Å²) >= 11 is 0.